The third-order valence-electron chi connectivity index (χ3n) is 2.54. The molecule has 0 radical (unpaired) electrons. The summed E-state index contributed by atoms with van der Waals surface area (Å²) in [6.45, 7) is 1.38. The molecular formula is C10H14BrNO5S2. The van der Waals surface area contributed by atoms with Crippen molar-refractivity contribution in [3.63, 3.8) is 0 Å². The number of ether oxygens (including phenoxy) is 2. The Morgan fingerprint density at radius 1 is 1.53 bits per heavy atom. The maximum absolute atomic E-state index is 12.1. The molecule has 0 amide bonds. The highest BCUT2D eigenvalue weighted by Gasteiger charge is 2.23. The standard InChI is InChI=1S/C10H14BrNO5S2/c11-10-9(3-8(5-13)18-10)19(14,15)12-4-7-6-16-1-2-17-7/h3,7,12-13H,1-2,4-6H2. The number of aliphatic hydroxyl groups is 1. The fourth-order valence-electron chi connectivity index (χ4n) is 1.59. The van der Waals surface area contributed by atoms with Crippen LogP contribution in [0.25, 0.3) is 0 Å². The van der Waals surface area contributed by atoms with Crippen LogP contribution in [0.4, 0.5) is 0 Å². The second kappa shape index (κ2) is 6.61. The topological polar surface area (TPSA) is 84.9 Å². The number of rotatable bonds is 5. The van der Waals surface area contributed by atoms with Crippen LogP contribution < -0.4 is 4.72 Å². The first-order valence-corrected chi connectivity index (χ1v) is 8.70. The van der Waals surface area contributed by atoms with Crippen molar-refractivity contribution in [2.45, 2.75) is 17.6 Å². The average molecular weight is 372 g/mol. The molecule has 0 aliphatic carbocycles. The van der Waals surface area contributed by atoms with Gasteiger partial charge in [0.15, 0.2) is 0 Å². The molecule has 1 atom stereocenters. The van der Waals surface area contributed by atoms with Crippen molar-refractivity contribution in [2.75, 3.05) is 26.4 Å². The summed E-state index contributed by atoms with van der Waals surface area (Å²) in [4.78, 5) is 0.725. The van der Waals surface area contributed by atoms with Crippen LogP contribution in [0.2, 0.25) is 0 Å². The number of hydrogen-bond acceptors (Lipinski definition) is 6. The average Bonchev–Trinajstić information content (AvgIpc) is 2.80. The van der Waals surface area contributed by atoms with Crippen LogP contribution in [0.15, 0.2) is 14.7 Å². The van der Waals surface area contributed by atoms with Gasteiger partial charge in [-0.25, -0.2) is 13.1 Å². The van der Waals surface area contributed by atoms with E-state index in [-0.39, 0.29) is 24.2 Å². The third kappa shape index (κ3) is 3.97. The Morgan fingerprint density at radius 3 is 2.89 bits per heavy atom. The van der Waals surface area contributed by atoms with E-state index in [0.717, 1.165) is 0 Å². The Hall–Kier alpha value is -0.0300. The van der Waals surface area contributed by atoms with Crippen LogP contribution in [0.3, 0.4) is 0 Å². The fourth-order valence-corrected chi connectivity index (χ4v) is 5.20. The van der Waals surface area contributed by atoms with Crippen molar-refractivity contribution in [1.29, 1.82) is 0 Å². The zero-order valence-electron chi connectivity index (χ0n) is 9.96. The smallest absolute Gasteiger partial charge is 0.242 e. The van der Waals surface area contributed by atoms with Crippen LogP contribution in [0.5, 0.6) is 0 Å². The van der Waals surface area contributed by atoms with Gasteiger partial charge in [-0.05, 0) is 22.0 Å². The lowest BCUT2D eigenvalue weighted by Gasteiger charge is -2.22. The molecule has 2 rings (SSSR count). The molecule has 1 fully saturated rings. The largest absolute Gasteiger partial charge is 0.391 e. The Bertz CT molecular complexity index is 524. The van der Waals surface area contributed by atoms with Gasteiger partial charge in [-0.2, -0.15) is 0 Å². The highest BCUT2D eigenvalue weighted by Crippen LogP contribution is 2.31. The van der Waals surface area contributed by atoms with Crippen molar-refractivity contribution >= 4 is 37.3 Å². The minimum atomic E-state index is -3.61. The van der Waals surface area contributed by atoms with Gasteiger partial charge in [-0.3, -0.25) is 0 Å². The Balaban J connectivity index is 2.02. The molecule has 108 valence electrons. The monoisotopic (exact) mass is 371 g/mol. The lowest BCUT2D eigenvalue weighted by molar-refractivity contribution is -0.0846. The van der Waals surface area contributed by atoms with E-state index in [0.29, 0.717) is 28.5 Å². The number of halogens is 1. The first-order valence-electron chi connectivity index (χ1n) is 5.61. The van der Waals surface area contributed by atoms with Crippen LogP contribution in [-0.4, -0.2) is 46.0 Å². The van der Waals surface area contributed by atoms with E-state index in [9.17, 15) is 8.42 Å². The van der Waals surface area contributed by atoms with Gasteiger partial charge in [0.05, 0.1) is 36.3 Å². The molecule has 2 N–H and O–H groups in total. The maximum Gasteiger partial charge on any atom is 0.242 e. The van der Waals surface area contributed by atoms with E-state index >= 15 is 0 Å². The summed E-state index contributed by atoms with van der Waals surface area (Å²) in [5.74, 6) is 0. The van der Waals surface area contributed by atoms with Gasteiger partial charge in [0.1, 0.15) is 4.90 Å². The molecule has 1 aliphatic heterocycles. The number of nitrogens with one attached hydrogen (secondary N) is 1. The first-order chi connectivity index (χ1) is 9.03. The summed E-state index contributed by atoms with van der Waals surface area (Å²) in [7, 11) is -3.61. The maximum atomic E-state index is 12.1. The normalized spacial score (nSPS) is 20.6. The van der Waals surface area contributed by atoms with Crippen LogP contribution >= 0.6 is 27.3 Å². The number of aliphatic hydroxyl groups excluding tert-OH is 1. The van der Waals surface area contributed by atoms with Gasteiger partial charge in [0, 0.05) is 11.4 Å². The molecular weight excluding hydrogens is 358 g/mol. The van der Waals surface area contributed by atoms with Crippen molar-refractivity contribution < 1.29 is 23.0 Å². The summed E-state index contributed by atoms with van der Waals surface area (Å²) < 4.78 is 37.8. The van der Waals surface area contributed by atoms with Crippen molar-refractivity contribution in [3.05, 3.63) is 14.7 Å². The zero-order chi connectivity index (χ0) is 13.9. The molecule has 0 spiro atoms. The molecule has 0 saturated carbocycles. The lowest BCUT2D eigenvalue weighted by Crippen LogP contribution is -2.39. The number of sulfonamides is 1. The molecule has 1 aromatic rings. The van der Waals surface area contributed by atoms with Crippen molar-refractivity contribution in [1.82, 2.24) is 4.72 Å². The van der Waals surface area contributed by atoms with Gasteiger partial charge in [-0.1, -0.05) is 0 Å². The molecule has 9 heteroatoms. The van der Waals surface area contributed by atoms with Crippen molar-refractivity contribution in [2.24, 2.45) is 0 Å². The van der Waals surface area contributed by atoms with Crippen LogP contribution in [0, 0.1) is 0 Å². The molecule has 1 saturated heterocycles. The van der Waals surface area contributed by atoms with E-state index in [1.165, 1.54) is 17.4 Å². The molecule has 6 nitrogen and oxygen atoms in total. The molecule has 1 unspecified atom stereocenters. The van der Waals surface area contributed by atoms with E-state index in [2.05, 4.69) is 20.7 Å². The molecule has 1 aromatic heterocycles. The Labute approximate surface area is 123 Å². The van der Waals surface area contributed by atoms with Gasteiger partial charge >= 0.3 is 0 Å². The molecule has 0 aromatic carbocycles. The second-order valence-corrected chi connectivity index (χ2v) is 8.12. The van der Waals surface area contributed by atoms with Gasteiger partial charge in [0.2, 0.25) is 10.0 Å². The summed E-state index contributed by atoms with van der Waals surface area (Å²) in [5.41, 5.74) is 0. The van der Waals surface area contributed by atoms with Crippen molar-refractivity contribution in [3.8, 4) is 0 Å². The molecule has 2 heterocycles. The Morgan fingerprint density at radius 2 is 2.32 bits per heavy atom. The predicted molar refractivity (Wildman–Crippen MR) is 73.7 cm³/mol. The van der Waals surface area contributed by atoms with Crippen LogP contribution in [-0.2, 0) is 26.1 Å². The SMILES string of the molecule is O=S(=O)(NCC1COCCO1)c1cc(CO)sc1Br. The highest BCUT2D eigenvalue weighted by molar-refractivity contribution is 9.11. The summed E-state index contributed by atoms with van der Waals surface area (Å²) in [5, 5.41) is 9.01. The number of hydrogen-bond donors (Lipinski definition) is 2. The second-order valence-electron chi connectivity index (χ2n) is 3.93. The summed E-state index contributed by atoms with van der Waals surface area (Å²) in [6, 6.07) is 1.45. The minimum absolute atomic E-state index is 0.137. The van der Waals surface area contributed by atoms with E-state index in [4.69, 9.17) is 14.6 Å². The molecule has 19 heavy (non-hydrogen) atoms. The highest BCUT2D eigenvalue weighted by atomic mass is 79.9. The summed E-state index contributed by atoms with van der Waals surface area (Å²) in [6.07, 6.45) is -0.266. The number of thiophene rings is 1. The quantitative estimate of drug-likeness (QED) is 0.795. The third-order valence-corrected chi connectivity index (χ3v) is 6.20. The molecule has 1 aliphatic rings. The first kappa shape index (κ1) is 15.4. The minimum Gasteiger partial charge on any atom is -0.391 e. The van der Waals surface area contributed by atoms with Gasteiger partial charge < -0.3 is 14.6 Å². The molecule has 0 bridgehead atoms. The van der Waals surface area contributed by atoms with E-state index in [1.54, 1.807) is 0 Å². The van der Waals surface area contributed by atoms with E-state index < -0.39 is 10.0 Å². The lowest BCUT2D eigenvalue weighted by atomic mass is 10.3. The fraction of sp³-hybridized carbons (Fsp3) is 0.600. The van der Waals surface area contributed by atoms with Crippen LogP contribution in [0.1, 0.15) is 4.88 Å². The van der Waals surface area contributed by atoms with Gasteiger partial charge in [0.25, 0.3) is 0 Å². The zero-order valence-corrected chi connectivity index (χ0v) is 13.2. The predicted octanol–water partition coefficient (Wildman–Crippen LogP) is 0.697. The summed E-state index contributed by atoms with van der Waals surface area (Å²) >= 11 is 4.39. The van der Waals surface area contributed by atoms with Gasteiger partial charge in [-0.15, -0.1) is 11.3 Å². The Kier molecular flexibility index (Phi) is 5.35. The van der Waals surface area contributed by atoms with E-state index in [1.807, 2.05) is 0 Å².